The summed E-state index contributed by atoms with van der Waals surface area (Å²) in [4.78, 5) is 55.6. The topological polar surface area (TPSA) is 246 Å². The number of anilines is 1. The molecule has 7 N–H and O–H groups in total. The Morgan fingerprint density at radius 3 is 2.38 bits per heavy atom. The molecular formula is C29H36N6O10. The van der Waals surface area contributed by atoms with E-state index in [0.717, 1.165) is 5.69 Å². The highest BCUT2D eigenvalue weighted by Crippen LogP contribution is 2.53. The monoisotopic (exact) mass is 628 g/mol. The van der Waals surface area contributed by atoms with Crippen LogP contribution in [-0.2, 0) is 27.3 Å². The summed E-state index contributed by atoms with van der Waals surface area (Å²) in [5.41, 5.74) is 3.15. The van der Waals surface area contributed by atoms with Gasteiger partial charge in [0.05, 0.1) is 18.2 Å². The summed E-state index contributed by atoms with van der Waals surface area (Å²) in [5.74, 6) is -6.08. The SMILES string of the molecule is CN(C)c1ccc(O)c2c1C[C@H]1C[C@H]3[C@H](N(C)C)C(=O)C(C(N)=O)=C(O)[C@@]3(O)C(=O)C1=C2O.Cc1ncc([N+](=O)[O-])n1CCO. The number of Topliss-reactive ketones (excluding diaryl/α,β-unsaturated/α-hetero) is 2. The number of nitrogens with two attached hydrogens (primary N) is 1. The molecule has 2 aromatic rings. The highest BCUT2D eigenvalue weighted by atomic mass is 16.6. The van der Waals surface area contributed by atoms with Crippen molar-refractivity contribution in [3.63, 3.8) is 0 Å². The Morgan fingerprint density at radius 2 is 1.84 bits per heavy atom. The molecule has 45 heavy (non-hydrogen) atoms. The maximum Gasteiger partial charge on any atom is 0.342 e. The van der Waals surface area contributed by atoms with Crippen LogP contribution in [0, 0.1) is 28.9 Å². The van der Waals surface area contributed by atoms with E-state index in [9.17, 15) is 44.9 Å². The number of aryl methyl sites for hydroxylation is 1. The molecule has 0 bridgehead atoms. The Kier molecular flexibility index (Phi) is 8.79. The fourth-order valence-electron chi connectivity index (χ4n) is 6.62. The molecular weight excluding hydrogens is 592 g/mol. The minimum Gasteiger partial charge on any atom is -0.508 e. The highest BCUT2D eigenvalue weighted by Gasteiger charge is 2.64. The number of ketones is 2. The zero-order chi connectivity index (χ0) is 33.7. The summed E-state index contributed by atoms with van der Waals surface area (Å²) in [6.07, 6.45) is 1.51. The molecule has 16 heteroatoms. The standard InChI is InChI=1S/C23H27N3O7.C6H9N3O3/c1-25(2)12-5-6-13(27)15-10(12)7-9-8-11-17(26(3)4)19(29)16(22(24)32)21(31)23(11,33)20(30)14(9)18(15)28;1-5-7-4-6(9(11)12)8(5)2-3-10/h5-6,9,11,17,27-28,31,33H,7-8H2,1-4H3,(H2,24,32);4,10H,2-3H2,1H3/t9-,11-,17-,23-;/m0./s1. The third-order valence-corrected chi connectivity index (χ3v) is 8.61. The molecule has 4 atom stereocenters. The quantitative estimate of drug-likeness (QED) is 0.142. The number of benzene rings is 1. The molecule has 1 aromatic heterocycles. The molecule has 1 saturated carbocycles. The Balaban J connectivity index is 0.000000323. The average Bonchev–Trinajstić information content (AvgIpc) is 3.31. The number of amides is 1. The predicted octanol–water partition coefficient (Wildman–Crippen LogP) is 0.122. The number of hydrogen-bond acceptors (Lipinski definition) is 13. The van der Waals surface area contributed by atoms with E-state index in [1.165, 1.54) is 21.7 Å². The van der Waals surface area contributed by atoms with Crippen LogP contribution < -0.4 is 10.6 Å². The molecule has 1 fully saturated rings. The van der Waals surface area contributed by atoms with Gasteiger partial charge < -0.3 is 46.3 Å². The number of imidazole rings is 1. The second kappa shape index (κ2) is 11.9. The van der Waals surface area contributed by atoms with Gasteiger partial charge in [-0.15, -0.1) is 0 Å². The van der Waals surface area contributed by atoms with Crippen molar-refractivity contribution in [2.75, 3.05) is 39.7 Å². The van der Waals surface area contributed by atoms with Gasteiger partial charge in [0, 0.05) is 38.2 Å². The van der Waals surface area contributed by atoms with Gasteiger partial charge in [-0.25, -0.2) is 9.55 Å². The first-order chi connectivity index (χ1) is 21.0. The van der Waals surface area contributed by atoms with Gasteiger partial charge in [-0.2, -0.15) is 0 Å². The summed E-state index contributed by atoms with van der Waals surface area (Å²) in [5, 5.41) is 62.9. The van der Waals surface area contributed by atoms with Crippen molar-refractivity contribution in [2.24, 2.45) is 17.6 Å². The van der Waals surface area contributed by atoms with Crippen LogP contribution in [0.15, 0.2) is 35.2 Å². The average molecular weight is 629 g/mol. The number of aromatic hydroxyl groups is 1. The van der Waals surface area contributed by atoms with Gasteiger partial charge in [-0.05, 0) is 55.5 Å². The number of phenols is 1. The predicted molar refractivity (Wildman–Crippen MR) is 159 cm³/mol. The zero-order valence-electron chi connectivity index (χ0n) is 25.4. The number of phenolic OH excluding ortho intramolecular Hbond substituents is 1. The second-order valence-corrected chi connectivity index (χ2v) is 11.6. The summed E-state index contributed by atoms with van der Waals surface area (Å²) in [6, 6.07) is 2.01. The zero-order valence-corrected chi connectivity index (χ0v) is 25.4. The molecule has 3 aliphatic rings. The van der Waals surface area contributed by atoms with Gasteiger partial charge in [-0.3, -0.25) is 19.3 Å². The van der Waals surface area contributed by atoms with Crippen LogP contribution in [0.25, 0.3) is 5.76 Å². The number of rotatable bonds is 6. The molecule has 0 spiro atoms. The van der Waals surface area contributed by atoms with Crippen LogP contribution in [0.2, 0.25) is 0 Å². The Morgan fingerprint density at radius 1 is 1.20 bits per heavy atom. The Hall–Kier alpha value is -4.80. The molecule has 16 nitrogen and oxygen atoms in total. The van der Waals surface area contributed by atoms with Crippen molar-refractivity contribution < 1.29 is 44.8 Å². The Bertz CT molecular complexity index is 1660. The maximum atomic E-state index is 13.7. The number of hydrogen-bond donors (Lipinski definition) is 6. The van der Waals surface area contributed by atoms with Crippen LogP contribution in [-0.4, -0.2) is 109 Å². The minimum absolute atomic E-state index is 0.0638. The van der Waals surface area contributed by atoms with Crippen LogP contribution in [0.3, 0.4) is 0 Å². The van der Waals surface area contributed by atoms with E-state index in [-0.39, 0.29) is 48.7 Å². The lowest BCUT2D eigenvalue weighted by Gasteiger charge is -2.50. The summed E-state index contributed by atoms with van der Waals surface area (Å²) < 4.78 is 1.36. The number of primary amides is 1. The van der Waals surface area contributed by atoms with Crippen LogP contribution in [0.1, 0.15) is 23.4 Å². The fourth-order valence-corrected chi connectivity index (χ4v) is 6.62. The highest BCUT2D eigenvalue weighted by molar-refractivity contribution is 6.24. The van der Waals surface area contributed by atoms with Crippen LogP contribution in [0.4, 0.5) is 11.5 Å². The van der Waals surface area contributed by atoms with E-state index in [1.54, 1.807) is 27.1 Å². The minimum atomic E-state index is -2.63. The van der Waals surface area contributed by atoms with E-state index >= 15 is 0 Å². The van der Waals surface area contributed by atoms with Gasteiger partial charge in [0.15, 0.2) is 17.2 Å². The van der Waals surface area contributed by atoms with Gasteiger partial charge in [0.2, 0.25) is 5.78 Å². The Labute approximate surface area is 257 Å². The van der Waals surface area contributed by atoms with Crippen molar-refractivity contribution in [3.8, 4) is 5.75 Å². The third-order valence-electron chi connectivity index (χ3n) is 8.61. The van der Waals surface area contributed by atoms with Crippen molar-refractivity contribution in [1.82, 2.24) is 14.5 Å². The number of nitrogens with zero attached hydrogens (tertiary/aromatic N) is 5. The van der Waals surface area contributed by atoms with Gasteiger partial charge >= 0.3 is 5.82 Å². The van der Waals surface area contributed by atoms with E-state index in [0.29, 0.717) is 11.4 Å². The van der Waals surface area contributed by atoms with Crippen molar-refractivity contribution in [1.29, 1.82) is 0 Å². The van der Waals surface area contributed by atoms with E-state index in [2.05, 4.69) is 4.98 Å². The van der Waals surface area contributed by atoms with Crippen LogP contribution in [0.5, 0.6) is 5.75 Å². The number of carbonyl (C=O) groups is 3. The summed E-state index contributed by atoms with van der Waals surface area (Å²) in [6.45, 7) is 1.74. The number of aromatic nitrogens is 2. The van der Waals surface area contributed by atoms with Crippen LogP contribution >= 0.6 is 0 Å². The van der Waals surface area contributed by atoms with Gasteiger partial charge in [0.25, 0.3) is 5.91 Å². The fraction of sp³-hybridized carbons (Fsp3) is 0.448. The smallest absolute Gasteiger partial charge is 0.342 e. The lowest BCUT2D eigenvalue weighted by atomic mass is 9.57. The third kappa shape index (κ3) is 5.19. The van der Waals surface area contributed by atoms with E-state index in [4.69, 9.17) is 10.8 Å². The van der Waals surface area contributed by atoms with E-state index < -0.39 is 63.0 Å². The first kappa shape index (κ1) is 33.1. The molecule has 0 radical (unpaired) electrons. The summed E-state index contributed by atoms with van der Waals surface area (Å²) in [7, 11) is 6.75. The lowest BCUT2D eigenvalue weighted by molar-refractivity contribution is -0.392. The molecule has 5 rings (SSSR count). The number of fused-ring (bicyclic) bond motifs is 3. The van der Waals surface area contributed by atoms with Crippen molar-refractivity contribution in [3.05, 3.63) is 62.3 Å². The second-order valence-electron chi connectivity index (χ2n) is 11.6. The lowest BCUT2D eigenvalue weighted by Crippen LogP contribution is -2.65. The number of carbonyl (C=O) groups excluding carboxylic acids is 3. The van der Waals surface area contributed by atoms with Gasteiger partial charge in [-0.1, -0.05) is 0 Å². The molecule has 3 aliphatic carbocycles. The number of nitro groups is 1. The summed E-state index contributed by atoms with van der Waals surface area (Å²) >= 11 is 0. The van der Waals surface area contributed by atoms with Crippen molar-refractivity contribution in [2.45, 2.75) is 38.0 Å². The first-order valence-electron chi connectivity index (χ1n) is 13.9. The number of aliphatic hydroxyl groups is 4. The normalized spacial score (nSPS) is 24.0. The van der Waals surface area contributed by atoms with E-state index in [1.807, 2.05) is 19.0 Å². The number of aliphatic hydroxyl groups excluding tert-OH is 3. The molecule has 242 valence electrons. The maximum absolute atomic E-state index is 13.7. The van der Waals surface area contributed by atoms with Gasteiger partial charge in [0.1, 0.15) is 35.6 Å². The molecule has 1 heterocycles. The molecule has 0 unspecified atom stereocenters. The van der Waals surface area contributed by atoms with Crippen molar-refractivity contribution >= 4 is 34.7 Å². The molecule has 0 saturated heterocycles. The number of likely N-dealkylation sites (N-methyl/N-ethyl adjacent to an activating group) is 1. The molecule has 1 aromatic carbocycles. The first-order valence-corrected chi connectivity index (χ1v) is 13.9. The molecule has 0 aliphatic heterocycles. The largest absolute Gasteiger partial charge is 0.508 e. The molecule has 1 amide bonds.